The highest BCUT2D eigenvalue weighted by Crippen LogP contribution is 2.42. The molecule has 2 fully saturated rings. The Hall–Kier alpha value is -3.96. The van der Waals surface area contributed by atoms with Crippen LogP contribution in [0.1, 0.15) is 33.9 Å². The van der Waals surface area contributed by atoms with Gasteiger partial charge in [0.1, 0.15) is 17.3 Å². The molecule has 252 valence electrons. The molecule has 0 saturated carbocycles. The molecule has 7 rings (SSSR count). The summed E-state index contributed by atoms with van der Waals surface area (Å²) >= 11 is 7.01. The highest BCUT2D eigenvalue weighted by atomic mass is 35.5. The van der Waals surface area contributed by atoms with Crippen LogP contribution in [-0.4, -0.2) is 93.7 Å². The number of ether oxygens (including phenoxy) is 1. The van der Waals surface area contributed by atoms with E-state index >= 15 is 0 Å². The smallest absolute Gasteiger partial charge is 0.352 e. The topological polar surface area (TPSA) is 87.8 Å². The second-order valence-corrected chi connectivity index (χ2v) is 13.4. The first-order chi connectivity index (χ1) is 23.2. The van der Waals surface area contributed by atoms with Gasteiger partial charge >= 0.3 is 5.97 Å². The molecular weight excluding hydrogens is 631 g/mol. The molecule has 2 aliphatic heterocycles. The highest BCUT2D eigenvalue weighted by Gasteiger charge is 2.30. The third-order valence-electron chi connectivity index (χ3n) is 10.2. The summed E-state index contributed by atoms with van der Waals surface area (Å²) in [5, 5.41) is 21.9. The zero-order valence-corrected chi connectivity index (χ0v) is 28.5. The number of carboxylic acids is 1. The summed E-state index contributed by atoms with van der Waals surface area (Å²) in [5.41, 5.74) is 5.50. The number of hydrogen-bond donors (Lipinski definition) is 2. The maximum absolute atomic E-state index is 13.8. The minimum absolute atomic E-state index is 0.290. The average molecular weight is 673 g/mol. The van der Waals surface area contributed by atoms with Crippen molar-refractivity contribution in [2.45, 2.75) is 39.3 Å². The fourth-order valence-electron chi connectivity index (χ4n) is 7.49. The van der Waals surface area contributed by atoms with Gasteiger partial charge in [-0.25, -0.2) is 9.18 Å². The molecule has 0 unspecified atom stereocenters. The second kappa shape index (κ2) is 13.5. The van der Waals surface area contributed by atoms with Gasteiger partial charge < -0.3 is 19.7 Å². The van der Waals surface area contributed by atoms with Crippen LogP contribution in [0, 0.1) is 19.7 Å². The summed E-state index contributed by atoms with van der Waals surface area (Å²) in [5.74, 6) is -0.567. The van der Waals surface area contributed by atoms with E-state index in [2.05, 4.69) is 20.2 Å². The number of hydrogen-bond acceptors (Lipinski definition) is 6. The maximum Gasteiger partial charge on any atom is 0.352 e. The molecule has 2 saturated heterocycles. The standard InChI is InChI=1S/C37H42ClFN6O3/c1-23-33(24(2)42(3)41-23)34-31(38)12-11-30-29(7-5-19-48-32-8-4-6-25-20-26(39)9-10-28(25)32)36(37(46)47)45(35(30)34)18-15-43-13-16-44(17-14-43)27-21-40-22-27/h4,6,8-12,20,27,40H,5,7,13-19,21-22H2,1-3H3,(H,46,47). The number of aromatic carboxylic acids is 1. The molecule has 0 amide bonds. The SMILES string of the molecule is Cc1nn(C)c(C)c1-c1c(Cl)ccc2c(CCCOc3cccc4cc(F)ccc34)c(C(=O)O)n(CCN3CCN(C4CNC4)CC3)c12. The molecule has 0 radical (unpaired) electrons. The fourth-order valence-corrected chi connectivity index (χ4v) is 7.74. The zero-order chi connectivity index (χ0) is 33.5. The van der Waals surface area contributed by atoms with Crippen molar-refractivity contribution in [3.05, 3.63) is 82.0 Å². The molecule has 9 nitrogen and oxygen atoms in total. The number of aromatic nitrogens is 3. The van der Waals surface area contributed by atoms with Crippen molar-refractivity contribution < 1.29 is 19.0 Å². The van der Waals surface area contributed by atoms with E-state index in [9.17, 15) is 14.3 Å². The van der Waals surface area contributed by atoms with Gasteiger partial charge in [0.05, 0.1) is 22.8 Å². The number of carboxylic acid groups (broad SMARTS) is 1. The van der Waals surface area contributed by atoms with Crippen molar-refractivity contribution in [2.24, 2.45) is 7.05 Å². The number of piperazine rings is 1. The number of nitrogens with one attached hydrogen (secondary N) is 1. The van der Waals surface area contributed by atoms with E-state index in [0.717, 1.165) is 95.6 Å². The zero-order valence-electron chi connectivity index (χ0n) is 27.7. The molecule has 2 N–H and O–H groups in total. The van der Waals surface area contributed by atoms with Gasteiger partial charge in [-0.05, 0) is 68.0 Å². The Morgan fingerprint density at radius 3 is 2.50 bits per heavy atom. The van der Waals surface area contributed by atoms with Gasteiger partial charge in [0.2, 0.25) is 0 Å². The van der Waals surface area contributed by atoms with E-state index in [0.29, 0.717) is 48.5 Å². The van der Waals surface area contributed by atoms with Crippen LogP contribution in [0.3, 0.4) is 0 Å². The van der Waals surface area contributed by atoms with Gasteiger partial charge in [-0.1, -0.05) is 29.8 Å². The third-order valence-corrected chi connectivity index (χ3v) is 10.5. The minimum Gasteiger partial charge on any atom is -0.493 e. The molecule has 2 aromatic heterocycles. The van der Waals surface area contributed by atoms with Crippen molar-refractivity contribution in [3.8, 4) is 16.9 Å². The fraction of sp³-hybridized carbons (Fsp3) is 0.405. The maximum atomic E-state index is 13.8. The molecule has 3 aromatic carbocycles. The highest BCUT2D eigenvalue weighted by molar-refractivity contribution is 6.35. The monoisotopic (exact) mass is 672 g/mol. The summed E-state index contributed by atoms with van der Waals surface area (Å²) in [6.45, 7) is 11.7. The lowest BCUT2D eigenvalue weighted by Gasteiger charge is -2.43. The van der Waals surface area contributed by atoms with Crippen LogP contribution < -0.4 is 10.1 Å². The van der Waals surface area contributed by atoms with Crippen LogP contribution >= 0.6 is 11.6 Å². The lowest BCUT2D eigenvalue weighted by Crippen LogP contribution is -2.61. The van der Waals surface area contributed by atoms with Crippen LogP contribution in [0.4, 0.5) is 4.39 Å². The predicted molar refractivity (Wildman–Crippen MR) is 188 cm³/mol. The minimum atomic E-state index is -0.956. The van der Waals surface area contributed by atoms with Gasteiger partial charge in [0.15, 0.2) is 0 Å². The molecule has 0 atom stereocenters. The molecule has 5 aromatic rings. The van der Waals surface area contributed by atoms with Gasteiger partial charge in [0.25, 0.3) is 0 Å². The van der Waals surface area contributed by atoms with E-state index in [4.69, 9.17) is 16.3 Å². The van der Waals surface area contributed by atoms with Crippen LogP contribution in [0.25, 0.3) is 32.8 Å². The predicted octanol–water partition coefficient (Wildman–Crippen LogP) is 5.90. The van der Waals surface area contributed by atoms with Crippen molar-refractivity contribution in [3.63, 3.8) is 0 Å². The molecule has 4 heterocycles. The van der Waals surface area contributed by atoms with Gasteiger partial charge in [-0.2, -0.15) is 5.10 Å². The van der Waals surface area contributed by atoms with Crippen molar-refractivity contribution >= 4 is 39.2 Å². The molecule has 48 heavy (non-hydrogen) atoms. The number of nitrogens with zero attached hydrogens (tertiary/aromatic N) is 5. The summed E-state index contributed by atoms with van der Waals surface area (Å²) in [4.78, 5) is 18.2. The number of fused-ring (bicyclic) bond motifs is 2. The first-order valence-electron chi connectivity index (χ1n) is 16.8. The summed E-state index contributed by atoms with van der Waals surface area (Å²) in [7, 11) is 1.92. The van der Waals surface area contributed by atoms with E-state index in [1.54, 1.807) is 6.07 Å². The number of benzene rings is 3. The van der Waals surface area contributed by atoms with E-state index in [1.807, 2.05) is 60.5 Å². The molecule has 0 aliphatic carbocycles. The Kier molecular flexibility index (Phi) is 9.17. The summed E-state index contributed by atoms with van der Waals surface area (Å²) < 4.78 is 23.8. The molecule has 2 aliphatic rings. The van der Waals surface area contributed by atoms with Gasteiger partial charge in [-0.15, -0.1) is 0 Å². The Labute approximate surface area is 284 Å². The Bertz CT molecular complexity index is 1990. The lowest BCUT2D eigenvalue weighted by atomic mass is 9.98. The van der Waals surface area contributed by atoms with E-state index < -0.39 is 5.97 Å². The van der Waals surface area contributed by atoms with Crippen molar-refractivity contribution in [1.29, 1.82) is 0 Å². The normalized spacial score (nSPS) is 16.2. The summed E-state index contributed by atoms with van der Waals surface area (Å²) in [6, 6.07) is 14.7. The summed E-state index contributed by atoms with van der Waals surface area (Å²) in [6.07, 6.45) is 1.10. The number of halogens is 2. The average Bonchev–Trinajstić information content (AvgIpc) is 3.49. The first-order valence-corrected chi connectivity index (χ1v) is 17.1. The van der Waals surface area contributed by atoms with Crippen LogP contribution in [0.2, 0.25) is 5.02 Å². The first kappa shape index (κ1) is 32.6. The van der Waals surface area contributed by atoms with Gasteiger partial charge in [-0.3, -0.25) is 14.5 Å². The molecule has 11 heteroatoms. The molecular formula is C37H42ClFN6O3. The van der Waals surface area contributed by atoms with E-state index in [-0.39, 0.29) is 5.82 Å². The molecule has 0 bridgehead atoms. The van der Waals surface area contributed by atoms with Crippen molar-refractivity contribution in [2.75, 3.05) is 52.4 Å². The lowest BCUT2D eigenvalue weighted by molar-refractivity contribution is 0.0667. The number of aryl methyl sites for hydroxylation is 3. The number of carbonyl (C=O) groups is 1. The third kappa shape index (κ3) is 6.07. The second-order valence-electron chi connectivity index (χ2n) is 13.0. The van der Waals surface area contributed by atoms with E-state index in [1.165, 1.54) is 12.1 Å². The largest absolute Gasteiger partial charge is 0.493 e. The Balaban J connectivity index is 1.22. The van der Waals surface area contributed by atoms with Crippen molar-refractivity contribution in [1.82, 2.24) is 29.5 Å². The Morgan fingerprint density at radius 2 is 1.81 bits per heavy atom. The van der Waals surface area contributed by atoms with Crippen LogP contribution in [0.15, 0.2) is 48.5 Å². The quantitative estimate of drug-likeness (QED) is 0.169. The van der Waals surface area contributed by atoms with Crippen LogP contribution in [0.5, 0.6) is 5.75 Å². The number of rotatable bonds is 11. The van der Waals surface area contributed by atoms with Crippen LogP contribution in [-0.2, 0) is 20.0 Å². The van der Waals surface area contributed by atoms with Gasteiger partial charge in [0, 0.05) is 93.0 Å². The Morgan fingerprint density at radius 1 is 1.04 bits per heavy atom. The molecule has 0 spiro atoms.